The van der Waals surface area contributed by atoms with Crippen LogP contribution in [0.3, 0.4) is 0 Å². The summed E-state index contributed by atoms with van der Waals surface area (Å²) >= 11 is 0. The molecule has 2 heterocycles. The van der Waals surface area contributed by atoms with Crippen LogP contribution >= 0.6 is 0 Å². The van der Waals surface area contributed by atoms with E-state index in [4.69, 9.17) is 4.74 Å². The van der Waals surface area contributed by atoms with Crippen LogP contribution in [0.5, 0.6) is 5.75 Å². The number of amides is 2. The summed E-state index contributed by atoms with van der Waals surface area (Å²) in [4.78, 5) is 28.7. The van der Waals surface area contributed by atoms with Crippen LogP contribution in [-0.2, 0) is 14.3 Å². The molecule has 1 aromatic carbocycles. The third-order valence-corrected chi connectivity index (χ3v) is 9.36. The molecule has 2 saturated heterocycles. The van der Waals surface area contributed by atoms with Gasteiger partial charge in [0, 0.05) is 12.0 Å². The fourth-order valence-corrected chi connectivity index (χ4v) is 7.56. The molecule has 4 aliphatic rings. The molecule has 0 unspecified atom stereocenters. The lowest BCUT2D eigenvalue weighted by atomic mass is 9.69. The molecule has 0 bridgehead atoms. The number of nitrogens with zero attached hydrogens (tertiary/aromatic N) is 1. The maximum absolute atomic E-state index is 13.7. The maximum Gasteiger partial charge on any atom is 0.234 e. The number of hydrogen-bond acceptors (Lipinski definition) is 5. The Labute approximate surface area is 226 Å². The van der Waals surface area contributed by atoms with Gasteiger partial charge in [-0.1, -0.05) is 44.3 Å². The standard InChI is InChI=1S/C32H43NO5/c1-4-8-21(15-22-13-19(2)30(35)20(3)14-22)11-12-27-28-23(17-34)16-25-29(26(28)18-38-27)32(37)33(31(25)36)24-9-6-5-7-10-24/h13-15,24-27,29,34-35H,4-12,16-18H2,1-3H3/b21-15+/t25-,26+,27-,29-/m1/s1. The van der Waals surface area contributed by atoms with Crippen LogP contribution in [0.2, 0.25) is 0 Å². The molecule has 5 rings (SSSR count). The first-order valence-corrected chi connectivity index (χ1v) is 14.6. The first-order chi connectivity index (χ1) is 18.3. The summed E-state index contributed by atoms with van der Waals surface area (Å²) in [5.41, 5.74) is 6.19. The molecule has 0 radical (unpaired) electrons. The highest BCUT2D eigenvalue weighted by Gasteiger charge is 2.58. The van der Waals surface area contributed by atoms with Crippen molar-refractivity contribution < 1.29 is 24.5 Å². The molecule has 1 saturated carbocycles. The number of fused-ring (bicyclic) bond motifs is 3. The number of carbonyl (C=O) groups excluding carboxylic acids is 2. The highest BCUT2D eigenvalue weighted by molar-refractivity contribution is 6.06. The van der Waals surface area contributed by atoms with Crippen LogP contribution < -0.4 is 0 Å². The SMILES string of the molecule is CCC/C(=C\c1cc(C)c(O)c(C)c1)CC[C@H]1OC[C@H]2C1=C(CO)C[C@H]1C(=O)N(C3CCCCC3)C(=O)[C@H]12. The topological polar surface area (TPSA) is 87.1 Å². The molecule has 2 aliphatic carbocycles. The number of phenols is 1. The number of allylic oxidation sites excluding steroid dienone is 1. The van der Waals surface area contributed by atoms with Crippen molar-refractivity contribution in [2.24, 2.45) is 17.8 Å². The van der Waals surface area contributed by atoms with Crippen LogP contribution in [0.15, 0.2) is 28.9 Å². The van der Waals surface area contributed by atoms with E-state index in [0.717, 1.165) is 79.2 Å². The lowest BCUT2D eigenvalue weighted by molar-refractivity contribution is -0.143. The zero-order chi connectivity index (χ0) is 27.0. The molecule has 1 aromatic rings. The largest absolute Gasteiger partial charge is 0.507 e. The minimum absolute atomic E-state index is 0.000257. The minimum atomic E-state index is -0.348. The first kappa shape index (κ1) is 27.1. The molecule has 3 fully saturated rings. The summed E-state index contributed by atoms with van der Waals surface area (Å²) in [7, 11) is 0. The van der Waals surface area contributed by atoms with Gasteiger partial charge in [-0.25, -0.2) is 0 Å². The second-order valence-electron chi connectivity index (χ2n) is 11.9. The number of likely N-dealkylation sites (tertiary alicyclic amines) is 1. The minimum Gasteiger partial charge on any atom is -0.507 e. The van der Waals surface area contributed by atoms with E-state index in [1.165, 1.54) is 12.0 Å². The molecule has 206 valence electrons. The van der Waals surface area contributed by atoms with Gasteiger partial charge in [0.25, 0.3) is 0 Å². The zero-order valence-corrected chi connectivity index (χ0v) is 23.2. The number of aryl methyl sites for hydroxylation is 2. The predicted molar refractivity (Wildman–Crippen MR) is 147 cm³/mol. The van der Waals surface area contributed by atoms with Crippen molar-refractivity contribution in [3.8, 4) is 5.75 Å². The predicted octanol–water partition coefficient (Wildman–Crippen LogP) is 5.61. The summed E-state index contributed by atoms with van der Waals surface area (Å²) in [6.45, 7) is 6.40. The lowest BCUT2D eigenvalue weighted by Gasteiger charge is -2.31. The average molecular weight is 522 g/mol. The van der Waals surface area contributed by atoms with Gasteiger partial charge in [0.05, 0.1) is 31.2 Å². The molecule has 0 spiro atoms. The van der Waals surface area contributed by atoms with Crippen LogP contribution in [0.4, 0.5) is 0 Å². The number of imide groups is 1. The van der Waals surface area contributed by atoms with E-state index in [9.17, 15) is 19.8 Å². The van der Waals surface area contributed by atoms with Crippen molar-refractivity contribution in [1.82, 2.24) is 4.90 Å². The molecule has 2 amide bonds. The third kappa shape index (κ3) is 4.98. The molecule has 38 heavy (non-hydrogen) atoms. The third-order valence-electron chi connectivity index (χ3n) is 9.36. The zero-order valence-electron chi connectivity index (χ0n) is 23.2. The van der Waals surface area contributed by atoms with Gasteiger partial charge < -0.3 is 14.9 Å². The van der Waals surface area contributed by atoms with Gasteiger partial charge in [0.15, 0.2) is 0 Å². The second-order valence-corrected chi connectivity index (χ2v) is 11.9. The quantitative estimate of drug-likeness (QED) is 0.343. The van der Waals surface area contributed by atoms with E-state index in [1.54, 1.807) is 4.90 Å². The van der Waals surface area contributed by atoms with E-state index >= 15 is 0 Å². The van der Waals surface area contributed by atoms with Crippen LogP contribution in [-0.4, -0.2) is 52.3 Å². The van der Waals surface area contributed by atoms with E-state index in [1.807, 2.05) is 26.0 Å². The Hall–Kier alpha value is -2.44. The van der Waals surface area contributed by atoms with Gasteiger partial charge in [-0.05, 0) is 92.3 Å². The van der Waals surface area contributed by atoms with Crippen molar-refractivity contribution in [2.45, 2.75) is 97.1 Å². The highest BCUT2D eigenvalue weighted by Crippen LogP contribution is 2.50. The smallest absolute Gasteiger partial charge is 0.234 e. The number of carbonyl (C=O) groups is 2. The molecule has 4 atom stereocenters. The van der Waals surface area contributed by atoms with Gasteiger partial charge in [-0.2, -0.15) is 0 Å². The number of ether oxygens (including phenoxy) is 1. The van der Waals surface area contributed by atoms with E-state index < -0.39 is 0 Å². The maximum atomic E-state index is 13.7. The molecule has 2 N–H and O–H groups in total. The molecular formula is C32H43NO5. The number of aliphatic hydroxyl groups is 1. The normalized spacial score (nSPS) is 28.3. The van der Waals surface area contributed by atoms with Crippen molar-refractivity contribution in [3.63, 3.8) is 0 Å². The number of hydrogen-bond donors (Lipinski definition) is 2. The number of aromatic hydroxyl groups is 1. The summed E-state index contributed by atoms with van der Waals surface area (Å²) in [5, 5.41) is 20.5. The van der Waals surface area contributed by atoms with E-state index in [2.05, 4.69) is 13.0 Å². The number of phenolic OH excluding ortho intramolecular Hbond substituents is 1. The summed E-state index contributed by atoms with van der Waals surface area (Å²) in [6.07, 6.45) is 11.4. The first-order valence-electron chi connectivity index (χ1n) is 14.6. The monoisotopic (exact) mass is 521 g/mol. The Morgan fingerprint density at radius 1 is 1.05 bits per heavy atom. The van der Waals surface area contributed by atoms with Crippen molar-refractivity contribution >= 4 is 17.9 Å². The summed E-state index contributed by atoms with van der Waals surface area (Å²) in [6, 6.07) is 4.09. The molecule has 2 aliphatic heterocycles. The van der Waals surface area contributed by atoms with Gasteiger partial charge >= 0.3 is 0 Å². The number of aliphatic hydroxyl groups excluding tert-OH is 1. The Morgan fingerprint density at radius 2 is 1.76 bits per heavy atom. The summed E-state index contributed by atoms with van der Waals surface area (Å²) in [5.74, 6) is -0.460. The summed E-state index contributed by atoms with van der Waals surface area (Å²) < 4.78 is 6.33. The number of benzene rings is 1. The van der Waals surface area contributed by atoms with E-state index in [-0.39, 0.29) is 48.3 Å². The molecule has 0 aromatic heterocycles. The van der Waals surface area contributed by atoms with Crippen molar-refractivity contribution in [2.75, 3.05) is 13.2 Å². The van der Waals surface area contributed by atoms with Crippen molar-refractivity contribution in [1.29, 1.82) is 0 Å². The van der Waals surface area contributed by atoms with Crippen LogP contribution in [0.25, 0.3) is 6.08 Å². The Bertz CT molecular complexity index is 1120. The molecule has 6 heteroatoms. The van der Waals surface area contributed by atoms with Crippen LogP contribution in [0.1, 0.15) is 87.8 Å². The van der Waals surface area contributed by atoms with Gasteiger partial charge in [0.1, 0.15) is 5.75 Å². The van der Waals surface area contributed by atoms with E-state index in [0.29, 0.717) is 18.8 Å². The second kappa shape index (κ2) is 11.4. The highest BCUT2D eigenvalue weighted by atomic mass is 16.5. The fraction of sp³-hybridized carbons (Fsp3) is 0.625. The van der Waals surface area contributed by atoms with Gasteiger partial charge in [0.2, 0.25) is 11.8 Å². The van der Waals surface area contributed by atoms with Gasteiger partial charge in [-0.3, -0.25) is 14.5 Å². The Morgan fingerprint density at radius 3 is 2.42 bits per heavy atom. The Kier molecular flexibility index (Phi) is 8.11. The lowest BCUT2D eigenvalue weighted by Crippen LogP contribution is -2.42. The Balaban J connectivity index is 1.34. The average Bonchev–Trinajstić information content (AvgIpc) is 3.44. The fourth-order valence-electron chi connectivity index (χ4n) is 7.56. The molecular weight excluding hydrogens is 478 g/mol. The number of rotatable bonds is 8. The molecule has 6 nitrogen and oxygen atoms in total. The van der Waals surface area contributed by atoms with Crippen LogP contribution in [0, 0.1) is 31.6 Å². The van der Waals surface area contributed by atoms with Gasteiger partial charge in [-0.15, -0.1) is 0 Å². The van der Waals surface area contributed by atoms with Crippen molar-refractivity contribution in [3.05, 3.63) is 45.5 Å².